The predicted octanol–water partition coefficient (Wildman–Crippen LogP) is 4.44. The van der Waals surface area contributed by atoms with Gasteiger partial charge in [-0.25, -0.2) is 9.97 Å². The third-order valence-electron chi connectivity index (χ3n) is 4.15. The maximum Gasteiger partial charge on any atom is 0.274 e. The molecule has 5 nitrogen and oxygen atoms in total. The third kappa shape index (κ3) is 4.23. The van der Waals surface area contributed by atoms with E-state index >= 15 is 0 Å². The zero-order chi connectivity index (χ0) is 16.9. The number of rotatable bonds is 4. The van der Waals surface area contributed by atoms with Gasteiger partial charge in [-0.2, -0.15) is 0 Å². The van der Waals surface area contributed by atoms with Gasteiger partial charge in [0.25, 0.3) is 5.91 Å². The second-order valence-corrected chi connectivity index (χ2v) is 6.51. The summed E-state index contributed by atoms with van der Waals surface area (Å²) in [7, 11) is 0. The lowest BCUT2D eigenvalue weighted by Gasteiger charge is -2.23. The number of anilines is 2. The summed E-state index contributed by atoms with van der Waals surface area (Å²) in [4.78, 5) is 21.1. The number of hydrogen-bond donors (Lipinski definition) is 2. The molecule has 1 saturated carbocycles. The van der Waals surface area contributed by atoms with Crippen LogP contribution < -0.4 is 10.6 Å². The minimum Gasteiger partial charge on any atom is -0.367 e. The van der Waals surface area contributed by atoms with Gasteiger partial charge in [0.1, 0.15) is 17.3 Å². The maximum atomic E-state index is 12.5. The first-order valence-electron chi connectivity index (χ1n) is 8.30. The molecule has 1 heterocycles. The van der Waals surface area contributed by atoms with E-state index < -0.39 is 0 Å². The number of benzene rings is 1. The number of para-hydroxylation sites is 1. The van der Waals surface area contributed by atoms with Crippen LogP contribution in [0.3, 0.4) is 0 Å². The Balaban J connectivity index is 1.75. The zero-order valence-electron chi connectivity index (χ0n) is 13.7. The quantitative estimate of drug-likeness (QED) is 0.860. The van der Waals surface area contributed by atoms with E-state index in [1.165, 1.54) is 19.3 Å². The van der Waals surface area contributed by atoms with E-state index in [2.05, 4.69) is 20.6 Å². The smallest absolute Gasteiger partial charge is 0.274 e. The number of carbonyl (C=O) groups is 1. The van der Waals surface area contributed by atoms with Crippen molar-refractivity contribution in [3.8, 4) is 0 Å². The summed E-state index contributed by atoms with van der Waals surface area (Å²) in [5.74, 6) is 0.985. The van der Waals surface area contributed by atoms with Crippen LogP contribution in [-0.2, 0) is 0 Å². The van der Waals surface area contributed by atoms with Crippen molar-refractivity contribution >= 4 is 29.0 Å². The van der Waals surface area contributed by atoms with Crippen molar-refractivity contribution in [1.29, 1.82) is 0 Å². The summed E-state index contributed by atoms with van der Waals surface area (Å²) < 4.78 is 0. The van der Waals surface area contributed by atoms with Crippen molar-refractivity contribution < 1.29 is 4.79 Å². The number of aryl methyl sites for hydroxylation is 1. The van der Waals surface area contributed by atoms with Gasteiger partial charge in [0.05, 0.1) is 10.7 Å². The van der Waals surface area contributed by atoms with Gasteiger partial charge in [-0.3, -0.25) is 4.79 Å². The summed E-state index contributed by atoms with van der Waals surface area (Å²) in [6.07, 6.45) is 6.06. The van der Waals surface area contributed by atoms with Gasteiger partial charge >= 0.3 is 0 Å². The summed E-state index contributed by atoms with van der Waals surface area (Å²) in [5, 5.41) is 6.73. The minimum absolute atomic E-state index is 0.291. The summed E-state index contributed by atoms with van der Waals surface area (Å²) in [5.41, 5.74) is 0.906. The topological polar surface area (TPSA) is 66.9 Å². The number of nitrogens with one attached hydrogen (secondary N) is 2. The van der Waals surface area contributed by atoms with E-state index in [4.69, 9.17) is 11.6 Å². The molecule has 1 aromatic carbocycles. The van der Waals surface area contributed by atoms with Gasteiger partial charge in [0.2, 0.25) is 0 Å². The van der Waals surface area contributed by atoms with Gasteiger partial charge < -0.3 is 10.6 Å². The summed E-state index contributed by atoms with van der Waals surface area (Å²) in [6.45, 7) is 1.79. The second kappa shape index (κ2) is 7.62. The van der Waals surface area contributed by atoms with Crippen molar-refractivity contribution in [2.75, 3.05) is 10.6 Å². The van der Waals surface area contributed by atoms with E-state index in [9.17, 15) is 4.79 Å². The molecule has 0 unspecified atom stereocenters. The second-order valence-electron chi connectivity index (χ2n) is 6.10. The molecular formula is C18H21ClN4O. The van der Waals surface area contributed by atoms with Crippen LogP contribution in [-0.4, -0.2) is 21.9 Å². The molecule has 1 aromatic heterocycles. The molecule has 0 saturated heterocycles. The first-order chi connectivity index (χ1) is 11.6. The van der Waals surface area contributed by atoms with Crippen LogP contribution in [0.1, 0.15) is 48.4 Å². The van der Waals surface area contributed by atoms with Crippen LogP contribution in [0.15, 0.2) is 30.3 Å². The lowest BCUT2D eigenvalue weighted by molar-refractivity contribution is 0.102. The van der Waals surface area contributed by atoms with Crippen LogP contribution in [0, 0.1) is 6.92 Å². The highest BCUT2D eigenvalue weighted by atomic mass is 35.5. The fraction of sp³-hybridized carbons (Fsp3) is 0.389. The summed E-state index contributed by atoms with van der Waals surface area (Å²) >= 11 is 6.09. The zero-order valence-corrected chi connectivity index (χ0v) is 14.4. The molecule has 2 N–H and O–H groups in total. The molecule has 1 aliphatic carbocycles. The Morgan fingerprint density at radius 1 is 1.17 bits per heavy atom. The average Bonchev–Trinajstić information content (AvgIpc) is 2.57. The van der Waals surface area contributed by atoms with Gasteiger partial charge in [0, 0.05) is 12.1 Å². The Bertz CT molecular complexity index is 729. The normalized spacial score (nSPS) is 15.1. The Morgan fingerprint density at radius 2 is 1.92 bits per heavy atom. The molecule has 0 radical (unpaired) electrons. The predicted molar refractivity (Wildman–Crippen MR) is 96.7 cm³/mol. The Morgan fingerprint density at radius 3 is 2.67 bits per heavy atom. The molecule has 24 heavy (non-hydrogen) atoms. The first-order valence-corrected chi connectivity index (χ1v) is 8.68. The van der Waals surface area contributed by atoms with Crippen LogP contribution in [0.25, 0.3) is 0 Å². The van der Waals surface area contributed by atoms with Gasteiger partial charge in [-0.05, 0) is 31.9 Å². The van der Waals surface area contributed by atoms with Crippen LogP contribution in [0.5, 0.6) is 0 Å². The van der Waals surface area contributed by atoms with E-state index in [0.717, 1.165) is 12.8 Å². The van der Waals surface area contributed by atoms with Crippen molar-refractivity contribution in [3.05, 3.63) is 46.9 Å². The molecule has 0 bridgehead atoms. The molecule has 1 aliphatic rings. The van der Waals surface area contributed by atoms with Gasteiger partial charge in [-0.15, -0.1) is 0 Å². The number of amides is 1. The number of nitrogens with zero attached hydrogens (tertiary/aromatic N) is 2. The highest BCUT2D eigenvalue weighted by Gasteiger charge is 2.16. The molecule has 0 aliphatic heterocycles. The highest BCUT2D eigenvalue weighted by molar-refractivity contribution is 6.33. The van der Waals surface area contributed by atoms with Crippen molar-refractivity contribution in [2.24, 2.45) is 0 Å². The van der Waals surface area contributed by atoms with Crippen LogP contribution >= 0.6 is 11.6 Å². The van der Waals surface area contributed by atoms with Crippen LogP contribution in [0.2, 0.25) is 5.02 Å². The summed E-state index contributed by atoms with van der Waals surface area (Å²) in [6, 6.07) is 9.26. The molecule has 0 atom stereocenters. The molecule has 1 amide bonds. The maximum absolute atomic E-state index is 12.5. The van der Waals surface area contributed by atoms with E-state index in [1.807, 2.05) is 12.1 Å². The minimum atomic E-state index is -0.291. The lowest BCUT2D eigenvalue weighted by atomic mass is 9.95. The largest absolute Gasteiger partial charge is 0.367 e. The number of hydrogen-bond acceptors (Lipinski definition) is 4. The van der Waals surface area contributed by atoms with Gasteiger partial charge in [-0.1, -0.05) is 43.0 Å². The fourth-order valence-electron chi connectivity index (χ4n) is 2.96. The van der Waals surface area contributed by atoms with E-state index in [-0.39, 0.29) is 5.91 Å². The lowest BCUT2D eigenvalue weighted by Crippen LogP contribution is -2.24. The molecule has 1 fully saturated rings. The molecular weight excluding hydrogens is 324 g/mol. The average molecular weight is 345 g/mol. The third-order valence-corrected chi connectivity index (χ3v) is 4.48. The van der Waals surface area contributed by atoms with E-state index in [1.54, 1.807) is 25.1 Å². The molecule has 6 heteroatoms. The van der Waals surface area contributed by atoms with Gasteiger partial charge in [0.15, 0.2) is 0 Å². The number of aromatic nitrogens is 2. The van der Waals surface area contributed by atoms with Crippen molar-refractivity contribution in [2.45, 2.75) is 45.1 Å². The van der Waals surface area contributed by atoms with Crippen molar-refractivity contribution in [1.82, 2.24) is 9.97 Å². The monoisotopic (exact) mass is 344 g/mol. The highest BCUT2D eigenvalue weighted by Crippen LogP contribution is 2.23. The number of halogens is 1. The van der Waals surface area contributed by atoms with Crippen molar-refractivity contribution in [3.63, 3.8) is 0 Å². The SMILES string of the molecule is Cc1nc(NC2CCCCC2)cc(C(=O)Nc2ccccc2Cl)n1. The Hall–Kier alpha value is -2.14. The first kappa shape index (κ1) is 16.7. The Labute approximate surface area is 146 Å². The molecule has 0 spiro atoms. The fourth-order valence-corrected chi connectivity index (χ4v) is 3.15. The molecule has 3 rings (SSSR count). The molecule has 126 valence electrons. The van der Waals surface area contributed by atoms with Crippen LogP contribution in [0.4, 0.5) is 11.5 Å². The molecule has 2 aromatic rings. The standard InChI is InChI=1S/C18H21ClN4O/c1-12-20-16(18(24)23-15-10-6-5-9-14(15)19)11-17(21-12)22-13-7-3-2-4-8-13/h5-6,9-11,13H,2-4,7-8H2,1H3,(H,23,24)(H,20,21,22). The van der Waals surface area contributed by atoms with E-state index in [0.29, 0.717) is 34.1 Å². The Kier molecular flexibility index (Phi) is 5.30. The number of carbonyl (C=O) groups excluding carboxylic acids is 1.